The Morgan fingerprint density at radius 2 is 1.78 bits per heavy atom. The van der Waals surface area contributed by atoms with Crippen LogP contribution in [0.5, 0.6) is 0 Å². The van der Waals surface area contributed by atoms with Crippen LogP contribution < -0.4 is 0 Å². The lowest BCUT2D eigenvalue weighted by Crippen LogP contribution is -2.06. The van der Waals surface area contributed by atoms with Crippen molar-refractivity contribution in [2.24, 2.45) is 5.16 Å². The lowest BCUT2D eigenvalue weighted by molar-refractivity contribution is -0.134. The van der Waals surface area contributed by atoms with Gasteiger partial charge >= 0.3 is 5.97 Å². The second-order valence-electron chi connectivity index (χ2n) is 4.52. The van der Waals surface area contributed by atoms with Crippen molar-refractivity contribution in [3.05, 3.63) is 71.8 Å². The number of carbonyl (C=O) groups is 1. The van der Waals surface area contributed by atoms with Crippen LogP contribution in [0.3, 0.4) is 0 Å². The lowest BCUT2D eigenvalue weighted by Gasteiger charge is -2.08. The molecule has 0 saturated carbocycles. The van der Waals surface area contributed by atoms with Crippen molar-refractivity contribution < 1.29 is 14.4 Å². The third-order valence-electron chi connectivity index (χ3n) is 2.83. The second-order valence-corrected chi connectivity index (χ2v) is 4.52. The molecular weight excluding hydrogens is 290 g/mol. The van der Waals surface area contributed by atoms with Crippen molar-refractivity contribution in [3.8, 4) is 11.8 Å². The molecule has 0 fully saturated rings. The van der Waals surface area contributed by atoms with Crippen LogP contribution in [0.1, 0.15) is 24.2 Å². The maximum absolute atomic E-state index is 11.3. The number of ether oxygens (including phenoxy) is 1. The van der Waals surface area contributed by atoms with Gasteiger partial charge in [-0.3, -0.25) is 0 Å². The van der Waals surface area contributed by atoms with Gasteiger partial charge in [0.05, 0.1) is 6.61 Å². The van der Waals surface area contributed by atoms with Gasteiger partial charge in [-0.15, -0.1) is 0 Å². The molecule has 0 radical (unpaired) electrons. The number of hydrogen-bond acceptors (Lipinski definition) is 4. The van der Waals surface area contributed by atoms with Crippen LogP contribution in [0, 0.1) is 11.8 Å². The van der Waals surface area contributed by atoms with E-state index in [9.17, 15) is 4.79 Å². The number of benzene rings is 2. The first-order valence-corrected chi connectivity index (χ1v) is 7.27. The fraction of sp³-hybridized carbons (Fsp3) is 0.158. The van der Waals surface area contributed by atoms with Crippen LogP contribution >= 0.6 is 0 Å². The zero-order valence-electron chi connectivity index (χ0n) is 12.8. The summed E-state index contributed by atoms with van der Waals surface area (Å²) in [4.78, 5) is 16.6. The summed E-state index contributed by atoms with van der Waals surface area (Å²) in [6, 6.07) is 19.1. The average molecular weight is 307 g/mol. The van der Waals surface area contributed by atoms with E-state index in [1.807, 2.05) is 60.7 Å². The van der Waals surface area contributed by atoms with E-state index in [1.165, 1.54) is 0 Å². The molecule has 0 aromatic heterocycles. The van der Waals surface area contributed by atoms with Gasteiger partial charge < -0.3 is 9.57 Å². The molecule has 0 N–H and O–H groups in total. The fourth-order valence-electron chi connectivity index (χ4n) is 1.78. The van der Waals surface area contributed by atoms with Gasteiger partial charge in [-0.05, 0) is 25.0 Å². The second kappa shape index (κ2) is 9.06. The van der Waals surface area contributed by atoms with Crippen LogP contribution in [0.25, 0.3) is 0 Å². The predicted octanol–water partition coefficient (Wildman–Crippen LogP) is 3.34. The molecule has 0 saturated heterocycles. The predicted molar refractivity (Wildman–Crippen MR) is 88.7 cm³/mol. The molecule has 0 aliphatic carbocycles. The van der Waals surface area contributed by atoms with Crippen molar-refractivity contribution in [1.29, 1.82) is 0 Å². The van der Waals surface area contributed by atoms with E-state index >= 15 is 0 Å². The Kier molecular flexibility index (Phi) is 6.43. The monoisotopic (exact) mass is 307 g/mol. The highest BCUT2D eigenvalue weighted by atomic mass is 16.6. The van der Waals surface area contributed by atoms with Gasteiger partial charge in [0.2, 0.25) is 6.10 Å². The highest BCUT2D eigenvalue weighted by molar-refractivity contribution is 6.22. The number of rotatable bonds is 5. The smallest absolute Gasteiger partial charge is 0.352 e. The van der Waals surface area contributed by atoms with Gasteiger partial charge in [-0.1, -0.05) is 59.6 Å². The summed E-state index contributed by atoms with van der Waals surface area (Å²) in [5.74, 6) is 5.52. The lowest BCUT2D eigenvalue weighted by atomic mass is 10.1. The number of esters is 1. The van der Waals surface area contributed by atoms with E-state index in [1.54, 1.807) is 6.92 Å². The van der Waals surface area contributed by atoms with Crippen molar-refractivity contribution >= 4 is 12.2 Å². The minimum absolute atomic E-state index is 0.292. The van der Waals surface area contributed by atoms with E-state index in [2.05, 4.69) is 17.0 Å². The number of oxime groups is 1. The molecule has 4 nitrogen and oxygen atoms in total. The summed E-state index contributed by atoms with van der Waals surface area (Å²) in [6.07, 6.45) is 0.436. The Hall–Kier alpha value is -3.06. The highest BCUT2D eigenvalue weighted by Crippen LogP contribution is 2.16. The van der Waals surface area contributed by atoms with E-state index in [-0.39, 0.29) is 0 Å². The maximum atomic E-state index is 11.3. The van der Waals surface area contributed by atoms with Crippen molar-refractivity contribution in [2.45, 2.75) is 13.0 Å². The quantitative estimate of drug-likeness (QED) is 0.368. The van der Waals surface area contributed by atoms with Gasteiger partial charge in [-0.25, -0.2) is 4.79 Å². The SMILES string of the molecule is CCOC(=O)/C=N/OC(C#Cc1ccccc1)c1ccccc1. The first kappa shape index (κ1) is 16.3. The first-order chi connectivity index (χ1) is 11.3. The van der Waals surface area contributed by atoms with Crippen LogP contribution in [-0.4, -0.2) is 18.8 Å². The molecule has 0 spiro atoms. The normalized spacial score (nSPS) is 11.3. The van der Waals surface area contributed by atoms with E-state index in [0.717, 1.165) is 17.3 Å². The van der Waals surface area contributed by atoms with Crippen LogP contribution in [0.15, 0.2) is 65.8 Å². The summed E-state index contributed by atoms with van der Waals surface area (Å²) in [5.41, 5.74) is 1.74. The van der Waals surface area contributed by atoms with E-state index < -0.39 is 12.1 Å². The molecule has 2 rings (SSSR count). The number of hydrogen-bond donors (Lipinski definition) is 0. The van der Waals surface area contributed by atoms with Crippen molar-refractivity contribution in [2.75, 3.05) is 6.61 Å². The molecule has 2 aromatic carbocycles. The number of carbonyl (C=O) groups excluding carboxylic acids is 1. The van der Waals surface area contributed by atoms with Gasteiger partial charge in [0, 0.05) is 11.1 Å². The molecule has 0 amide bonds. The molecule has 4 heteroatoms. The molecule has 2 aromatic rings. The molecule has 1 atom stereocenters. The molecule has 0 heterocycles. The largest absolute Gasteiger partial charge is 0.462 e. The van der Waals surface area contributed by atoms with Crippen LogP contribution in [0.2, 0.25) is 0 Å². The molecule has 0 bridgehead atoms. The zero-order valence-corrected chi connectivity index (χ0v) is 12.8. The Balaban J connectivity index is 2.13. The Morgan fingerprint density at radius 1 is 1.13 bits per heavy atom. The zero-order chi connectivity index (χ0) is 16.3. The Morgan fingerprint density at radius 3 is 2.43 bits per heavy atom. The molecule has 23 heavy (non-hydrogen) atoms. The van der Waals surface area contributed by atoms with Crippen LogP contribution in [0.4, 0.5) is 0 Å². The minimum atomic E-state index is -0.568. The highest BCUT2D eigenvalue weighted by Gasteiger charge is 2.09. The summed E-state index contributed by atoms with van der Waals surface area (Å²) in [5, 5.41) is 3.68. The van der Waals surface area contributed by atoms with Crippen LogP contribution in [-0.2, 0) is 14.4 Å². The van der Waals surface area contributed by atoms with Gasteiger partial charge in [-0.2, -0.15) is 0 Å². The first-order valence-electron chi connectivity index (χ1n) is 7.27. The van der Waals surface area contributed by atoms with Gasteiger partial charge in [0.1, 0.15) is 0 Å². The summed E-state index contributed by atoms with van der Waals surface area (Å²) >= 11 is 0. The fourth-order valence-corrected chi connectivity index (χ4v) is 1.78. The van der Waals surface area contributed by atoms with Crippen molar-refractivity contribution in [1.82, 2.24) is 0 Å². The van der Waals surface area contributed by atoms with Crippen molar-refractivity contribution in [3.63, 3.8) is 0 Å². The molecule has 116 valence electrons. The topological polar surface area (TPSA) is 47.9 Å². The minimum Gasteiger partial charge on any atom is -0.462 e. The van der Waals surface area contributed by atoms with E-state index in [0.29, 0.717) is 6.61 Å². The number of nitrogens with zero attached hydrogens (tertiary/aromatic N) is 1. The molecule has 1 unspecified atom stereocenters. The summed E-state index contributed by atoms with van der Waals surface area (Å²) < 4.78 is 4.75. The third-order valence-corrected chi connectivity index (χ3v) is 2.83. The molecule has 0 aliphatic heterocycles. The third kappa shape index (κ3) is 5.68. The average Bonchev–Trinajstić information content (AvgIpc) is 2.60. The Labute approximate surface area is 135 Å². The van der Waals surface area contributed by atoms with Gasteiger partial charge in [0.25, 0.3) is 0 Å². The Bertz CT molecular complexity index is 700. The summed E-state index contributed by atoms with van der Waals surface area (Å²) in [7, 11) is 0. The summed E-state index contributed by atoms with van der Waals surface area (Å²) in [6.45, 7) is 2.02. The van der Waals surface area contributed by atoms with Gasteiger partial charge in [0.15, 0.2) is 6.21 Å². The molecular formula is C19H17NO3. The van der Waals surface area contributed by atoms with E-state index in [4.69, 9.17) is 9.57 Å². The maximum Gasteiger partial charge on any atom is 0.352 e. The standard InChI is InChI=1S/C19H17NO3/c1-2-22-19(21)15-20-23-18(17-11-7-4-8-12-17)14-13-16-9-5-3-6-10-16/h3-12,15,18H,2H2,1H3/b20-15+. The molecule has 0 aliphatic rings.